The van der Waals surface area contributed by atoms with Crippen LogP contribution in [0.25, 0.3) is 11.1 Å². The molecule has 0 heterocycles. The Balaban J connectivity index is 2.14. The van der Waals surface area contributed by atoms with Crippen molar-refractivity contribution < 1.29 is 9.59 Å². The molecular weight excluding hydrogens is 314 g/mol. The first kappa shape index (κ1) is 18.2. The van der Waals surface area contributed by atoms with Crippen LogP contribution in [0.3, 0.4) is 0 Å². The zero-order valence-corrected chi connectivity index (χ0v) is 14.6. The number of hydrogen-bond donors (Lipinski definition) is 1. The molecule has 5 heteroatoms. The van der Waals surface area contributed by atoms with Gasteiger partial charge in [-0.3, -0.25) is 9.59 Å². The van der Waals surface area contributed by atoms with E-state index in [1.165, 1.54) is 0 Å². The van der Waals surface area contributed by atoms with E-state index in [9.17, 15) is 9.59 Å². The van der Waals surface area contributed by atoms with Crippen LogP contribution in [0.15, 0.2) is 48.5 Å². The summed E-state index contributed by atoms with van der Waals surface area (Å²) in [6, 6.07) is 16.5. The van der Waals surface area contributed by atoms with Gasteiger partial charge in [-0.15, -0.1) is 0 Å². The summed E-state index contributed by atoms with van der Waals surface area (Å²) in [7, 11) is 3.27. The SMILES string of the molecule is CNC(=O)C[C@@H](C)N(C)C(=O)c1ccc(-c2cccc(C#N)c2)cc1. The van der Waals surface area contributed by atoms with Crippen molar-refractivity contribution in [3.8, 4) is 17.2 Å². The van der Waals surface area contributed by atoms with Gasteiger partial charge in [0.2, 0.25) is 5.91 Å². The highest BCUT2D eigenvalue weighted by Crippen LogP contribution is 2.21. The van der Waals surface area contributed by atoms with Gasteiger partial charge in [-0.05, 0) is 42.3 Å². The molecule has 0 fully saturated rings. The summed E-state index contributed by atoms with van der Waals surface area (Å²) in [5.41, 5.74) is 3.03. The van der Waals surface area contributed by atoms with Crippen LogP contribution < -0.4 is 5.32 Å². The highest BCUT2D eigenvalue weighted by atomic mass is 16.2. The Hall–Kier alpha value is -3.13. The maximum absolute atomic E-state index is 12.6. The molecule has 2 amide bonds. The average molecular weight is 335 g/mol. The zero-order valence-electron chi connectivity index (χ0n) is 14.6. The summed E-state index contributed by atoms with van der Waals surface area (Å²) in [6.45, 7) is 1.84. The van der Waals surface area contributed by atoms with E-state index in [1.54, 1.807) is 37.2 Å². The number of amides is 2. The molecule has 0 saturated heterocycles. The van der Waals surface area contributed by atoms with Crippen molar-refractivity contribution in [1.29, 1.82) is 5.26 Å². The topological polar surface area (TPSA) is 73.2 Å². The Morgan fingerprint density at radius 3 is 2.44 bits per heavy atom. The summed E-state index contributed by atoms with van der Waals surface area (Å²) >= 11 is 0. The van der Waals surface area contributed by atoms with Crippen LogP contribution in [0.1, 0.15) is 29.3 Å². The van der Waals surface area contributed by atoms with Crippen molar-refractivity contribution >= 4 is 11.8 Å². The lowest BCUT2D eigenvalue weighted by Gasteiger charge is -2.24. The quantitative estimate of drug-likeness (QED) is 0.913. The third-order valence-corrected chi connectivity index (χ3v) is 4.20. The molecule has 25 heavy (non-hydrogen) atoms. The Morgan fingerprint density at radius 1 is 1.16 bits per heavy atom. The number of benzene rings is 2. The molecule has 0 aliphatic carbocycles. The summed E-state index contributed by atoms with van der Waals surface area (Å²) in [4.78, 5) is 25.6. The molecule has 1 atom stereocenters. The average Bonchev–Trinajstić information content (AvgIpc) is 2.66. The minimum absolute atomic E-state index is 0.0973. The predicted molar refractivity (Wildman–Crippen MR) is 96.8 cm³/mol. The number of rotatable bonds is 5. The number of carbonyl (C=O) groups is 2. The molecular formula is C20H21N3O2. The number of nitrogens with one attached hydrogen (secondary N) is 1. The fourth-order valence-corrected chi connectivity index (χ4v) is 2.48. The molecule has 0 saturated carbocycles. The molecule has 128 valence electrons. The zero-order chi connectivity index (χ0) is 18.4. The van der Waals surface area contributed by atoms with E-state index < -0.39 is 0 Å². The minimum atomic E-state index is -0.195. The van der Waals surface area contributed by atoms with E-state index in [0.717, 1.165) is 11.1 Å². The van der Waals surface area contributed by atoms with E-state index in [2.05, 4.69) is 11.4 Å². The van der Waals surface area contributed by atoms with Gasteiger partial charge >= 0.3 is 0 Å². The molecule has 1 N–H and O–H groups in total. The first-order chi connectivity index (χ1) is 12.0. The van der Waals surface area contributed by atoms with Crippen molar-refractivity contribution in [3.05, 3.63) is 59.7 Å². The molecule has 2 aromatic carbocycles. The Bertz CT molecular complexity index is 806. The number of nitrogens with zero attached hydrogens (tertiary/aromatic N) is 2. The van der Waals surface area contributed by atoms with Crippen LogP contribution in [-0.4, -0.2) is 36.9 Å². The van der Waals surface area contributed by atoms with Crippen molar-refractivity contribution in [1.82, 2.24) is 10.2 Å². The number of nitriles is 1. The van der Waals surface area contributed by atoms with Crippen molar-refractivity contribution in [2.45, 2.75) is 19.4 Å². The summed E-state index contributed by atoms with van der Waals surface area (Å²) in [6.07, 6.45) is 0.262. The first-order valence-electron chi connectivity index (χ1n) is 8.04. The van der Waals surface area contributed by atoms with E-state index in [4.69, 9.17) is 5.26 Å². The molecule has 0 aliphatic heterocycles. The maximum atomic E-state index is 12.6. The summed E-state index contributed by atoms with van der Waals surface area (Å²) in [5, 5.41) is 11.6. The van der Waals surface area contributed by atoms with Crippen LogP contribution in [-0.2, 0) is 4.79 Å². The summed E-state index contributed by atoms with van der Waals surface area (Å²) < 4.78 is 0. The second kappa shape index (κ2) is 8.11. The second-order valence-corrected chi connectivity index (χ2v) is 5.91. The second-order valence-electron chi connectivity index (χ2n) is 5.91. The lowest BCUT2D eigenvalue weighted by molar-refractivity contribution is -0.121. The van der Waals surface area contributed by atoms with Gasteiger partial charge in [-0.1, -0.05) is 24.3 Å². The van der Waals surface area contributed by atoms with Crippen molar-refractivity contribution in [2.24, 2.45) is 0 Å². The van der Waals surface area contributed by atoms with E-state index >= 15 is 0 Å². The van der Waals surface area contributed by atoms with Gasteiger partial charge in [0, 0.05) is 32.1 Å². The van der Waals surface area contributed by atoms with Gasteiger partial charge in [0.15, 0.2) is 0 Å². The number of hydrogen-bond acceptors (Lipinski definition) is 3. The number of carbonyl (C=O) groups excluding carboxylic acids is 2. The normalized spacial score (nSPS) is 11.3. The van der Waals surface area contributed by atoms with E-state index in [-0.39, 0.29) is 24.3 Å². The molecule has 0 radical (unpaired) electrons. The highest BCUT2D eigenvalue weighted by Gasteiger charge is 2.19. The van der Waals surface area contributed by atoms with Crippen molar-refractivity contribution in [2.75, 3.05) is 14.1 Å². The van der Waals surface area contributed by atoms with Crippen LogP contribution in [0.4, 0.5) is 0 Å². The van der Waals surface area contributed by atoms with Crippen LogP contribution in [0.2, 0.25) is 0 Å². The van der Waals surface area contributed by atoms with Crippen molar-refractivity contribution in [3.63, 3.8) is 0 Å². The lowest BCUT2D eigenvalue weighted by Crippen LogP contribution is -2.38. The molecule has 0 aliphatic rings. The third kappa shape index (κ3) is 4.45. The Morgan fingerprint density at radius 2 is 1.84 bits per heavy atom. The van der Waals surface area contributed by atoms with E-state index in [0.29, 0.717) is 11.1 Å². The van der Waals surface area contributed by atoms with Crippen LogP contribution in [0, 0.1) is 11.3 Å². The van der Waals surface area contributed by atoms with Crippen LogP contribution >= 0.6 is 0 Å². The molecule has 2 rings (SSSR count). The van der Waals surface area contributed by atoms with Crippen LogP contribution in [0.5, 0.6) is 0 Å². The molecule has 2 aromatic rings. The fourth-order valence-electron chi connectivity index (χ4n) is 2.48. The van der Waals surface area contributed by atoms with Gasteiger partial charge in [0.25, 0.3) is 5.91 Å². The molecule has 0 bridgehead atoms. The Labute approximate surface area is 147 Å². The standard InChI is InChI=1S/C20H21N3O2/c1-14(11-19(24)22-2)23(3)20(25)17-9-7-16(8-10-17)18-6-4-5-15(12-18)13-21/h4-10,12,14H,11H2,1-3H3,(H,22,24)/t14-/m1/s1. The molecule has 0 unspecified atom stereocenters. The molecule has 0 spiro atoms. The lowest BCUT2D eigenvalue weighted by atomic mass is 10.0. The van der Waals surface area contributed by atoms with Gasteiger partial charge in [0.05, 0.1) is 11.6 Å². The van der Waals surface area contributed by atoms with Gasteiger partial charge in [-0.2, -0.15) is 5.26 Å². The largest absolute Gasteiger partial charge is 0.359 e. The minimum Gasteiger partial charge on any atom is -0.359 e. The molecule has 5 nitrogen and oxygen atoms in total. The smallest absolute Gasteiger partial charge is 0.253 e. The van der Waals surface area contributed by atoms with Gasteiger partial charge < -0.3 is 10.2 Å². The third-order valence-electron chi connectivity index (χ3n) is 4.20. The summed E-state index contributed by atoms with van der Waals surface area (Å²) in [5.74, 6) is -0.228. The maximum Gasteiger partial charge on any atom is 0.253 e. The predicted octanol–water partition coefficient (Wildman–Crippen LogP) is 2.82. The van der Waals surface area contributed by atoms with Gasteiger partial charge in [-0.25, -0.2) is 0 Å². The first-order valence-corrected chi connectivity index (χ1v) is 8.04. The van der Waals surface area contributed by atoms with E-state index in [1.807, 2.05) is 37.3 Å². The Kier molecular flexibility index (Phi) is 5.91. The fraction of sp³-hybridized carbons (Fsp3) is 0.250. The molecule has 0 aromatic heterocycles. The monoisotopic (exact) mass is 335 g/mol. The highest BCUT2D eigenvalue weighted by molar-refractivity contribution is 5.95. The van der Waals surface area contributed by atoms with Gasteiger partial charge in [0.1, 0.15) is 0 Å².